The van der Waals surface area contributed by atoms with E-state index in [9.17, 15) is 23.1 Å². The number of aliphatic carboxylic acids is 1. The van der Waals surface area contributed by atoms with E-state index in [0.717, 1.165) is 12.1 Å². The van der Waals surface area contributed by atoms with Gasteiger partial charge >= 0.3 is 12.1 Å². The second-order valence-electron chi connectivity index (χ2n) is 4.21. The Kier molecular flexibility index (Phi) is 2.92. The van der Waals surface area contributed by atoms with Gasteiger partial charge in [0.15, 0.2) is 0 Å². The Morgan fingerprint density at radius 1 is 1.37 bits per heavy atom. The van der Waals surface area contributed by atoms with Crippen molar-refractivity contribution in [3.63, 3.8) is 0 Å². The van der Waals surface area contributed by atoms with Crippen molar-refractivity contribution in [3.8, 4) is 5.75 Å². The quantitative estimate of drug-likeness (QED) is 0.787. The molecule has 0 unspecified atom stereocenters. The molecule has 2 aromatic rings. The average molecular weight is 273 g/mol. The molecule has 4 nitrogen and oxygen atoms in total. The van der Waals surface area contributed by atoms with Gasteiger partial charge in [0, 0.05) is 16.6 Å². The van der Waals surface area contributed by atoms with Gasteiger partial charge in [-0.1, -0.05) is 0 Å². The van der Waals surface area contributed by atoms with Gasteiger partial charge in [-0.15, -0.1) is 0 Å². The Morgan fingerprint density at radius 3 is 2.53 bits per heavy atom. The monoisotopic (exact) mass is 273 g/mol. The standard InChI is InChI=1S/C12H10F3NO3/c1-5-6(3-11(18)19)7-2-10(17)8(12(13,14)15)4-9(7)16-5/h2,4,16-17H,3H2,1H3,(H,18,19). The van der Waals surface area contributed by atoms with Crippen LogP contribution >= 0.6 is 0 Å². The highest BCUT2D eigenvalue weighted by molar-refractivity contribution is 5.90. The molecule has 2 rings (SSSR count). The number of halogens is 3. The van der Waals surface area contributed by atoms with Crippen LogP contribution in [0.3, 0.4) is 0 Å². The third-order valence-electron chi connectivity index (χ3n) is 2.87. The summed E-state index contributed by atoms with van der Waals surface area (Å²) in [5, 5.41) is 18.5. The fraction of sp³-hybridized carbons (Fsp3) is 0.250. The van der Waals surface area contributed by atoms with Crippen LogP contribution in [0.4, 0.5) is 13.2 Å². The van der Waals surface area contributed by atoms with Crippen LogP contribution in [0.2, 0.25) is 0 Å². The molecule has 0 saturated heterocycles. The number of aromatic nitrogens is 1. The first-order valence-electron chi connectivity index (χ1n) is 5.33. The number of carboxylic acid groups (broad SMARTS) is 1. The van der Waals surface area contributed by atoms with Crippen LogP contribution in [0.1, 0.15) is 16.8 Å². The van der Waals surface area contributed by atoms with Crippen LogP contribution < -0.4 is 0 Å². The molecule has 0 aliphatic carbocycles. The number of nitrogens with one attached hydrogen (secondary N) is 1. The average Bonchev–Trinajstić information content (AvgIpc) is 2.53. The number of aromatic hydroxyl groups is 1. The summed E-state index contributed by atoms with van der Waals surface area (Å²) in [5.41, 5.74) is -0.162. The molecule has 1 aromatic heterocycles. The summed E-state index contributed by atoms with van der Waals surface area (Å²) >= 11 is 0. The number of fused-ring (bicyclic) bond motifs is 1. The third-order valence-corrected chi connectivity index (χ3v) is 2.87. The summed E-state index contributed by atoms with van der Waals surface area (Å²) in [7, 11) is 0. The number of phenolic OH excluding ortho intramolecular Hbond substituents is 1. The van der Waals surface area contributed by atoms with Crippen LogP contribution in [-0.2, 0) is 17.4 Å². The Bertz CT molecular complexity index is 658. The molecule has 7 heteroatoms. The SMILES string of the molecule is Cc1[nH]c2cc(C(F)(F)F)c(O)cc2c1CC(=O)O. The number of rotatable bonds is 2. The van der Waals surface area contributed by atoms with Crippen molar-refractivity contribution in [1.29, 1.82) is 0 Å². The fourth-order valence-corrected chi connectivity index (χ4v) is 2.03. The predicted octanol–water partition coefficient (Wildman–Crippen LogP) is 2.83. The molecule has 19 heavy (non-hydrogen) atoms. The maximum absolute atomic E-state index is 12.6. The van der Waals surface area contributed by atoms with E-state index in [0.29, 0.717) is 11.3 Å². The van der Waals surface area contributed by atoms with E-state index in [-0.39, 0.29) is 17.3 Å². The minimum absolute atomic E-state index is 0.152. The molecule has 0 saturated carbocycles. The number of hydrogen-bond donors (Lipinski definition) is 3. The minimum atomic E-state index is -4.66. The van der Waals surface area contributed by atoms with Crippen LogP contribution in [0.25, 0.3) is 10.9 Å². The molecule has 0 fully saturated rings. The Hall–Kier alpha value is -2.18. The van der Waals surface area contributed by atoms with E-state index in [4.69, 9.17) is 5.11 Å². The summed E-state index contributed by atoms with van der Waals surface area (Å²) in [6.45, 7) is 1.57. The van der Waals surface area contributed by atoms with Crippen molar-refractivity contribution >= 4 is 16.9 Å². The molecule has 1 aromatic carbocycles. The number of carbonyl (C=O) groups is 1. The van der Waals surface area contributed by atoms with E-state index in [1.165, 1.54) is 0 Å². The maximum Gasteiger partial charge on any atom is 0.420 e. The van der Waals surface area contributed by atoms with Crippen molar-refractivity contribution in [2.24, 2.45) is 0 Å². The van der Waals surface area contributed by atoms with Gasteiger partial charge in [0.25, 0.3) is 0 Å². The smallest absolute Gasteiger partial charge is 0.420 e. The molecule has 0 atom stereocenters. The first-order chi connectivity index (χ1) is 8.70. The van der Waals surface area contributed by atoms with Gasteiger partial charge in [0.2, 0.25) is 0 Å². The third kappa shape index (κ3) is 2.35. The molecule has 1 heterocycles. The zero-order valence-electron chi connectivity index (χ0n) is 9.80. The van der Waals surface area contributed by atoms with Gasteiger partial charge in [-0.3, -0.25) is 4.79 Å². The van der Waals surface area contributed by atoms with E-state index in [1.54, 1.807) is 6.92 Å². The second kappa shape index (κ2) is 4.18. The number of H-pyrrole nitrogens is 1. The highest BCUT2D eigenvalue weighted by Gasteiger charge is 2.34. The van der Waals surface area contributed by atoms with Gasteiger partial charge in [0.05, 0.1) is 12.0 Å². The summed E-state index contributed by atoms with van der Waals surface area (Å²) in [4.78, 5) is 13.4. The molecule has 0 amide bonds. The van der Waals surface area contributed by atoms with Gasteiger partial charge in [0.1, 0.15) is 5.75 Å². The van der Waals surface area contributed by atoms with E-state index in [1.807, 2.05) is 0 Å². The molecule has 102 valence electrons. The Morgan fingerprint density at radius 2 is 2.00 bits per heavy atom. The van der Waals surface area contributed by atoms with Gasteiger partial charge in [-0.05, 0) is 24.6 Å². The van der Waals surface area contributed by atoms with Crippen LogP contribution in [0.5, 0.6) is 5.75 Å². The zero-order chi connectivity index (χ0) is 14.4. The first kappa shape index (κ1) is 13.3. The molecular formula is C12H10F3NO3. The lowest BCUT2D eigenvalue weighted by atomic mass is 10.1. The summed E-state index contributed by atoms with van der Waals surface area (Å²) in [6.07, 6.45) is -4.99. The molecule has 0 spiro atoms. The lowest BCUT2D eigenvalue weighted by molar-refractivity contribution is -0.139. The molecule has 0 aliphatic rings. The lowest BCUT2D eigenvalue weighted by Gasteiger charge is -2.09. The van der Waals surface area contributed by atoms with Gasteiger partial charge in [-0.2, -0.15) is 13.2 Å². The number of aromatic amines is 1. The molecular weight excluding hydrogens is 263 g/mol. The number of alkyl halides is 3. The largest absolute Gasteiger partial charge is 0.507 e. The number of hydrogen-bond acceptors (Lipinski definition) is 2. The highest BCUT2D eigenvalue weighted by atomic mass is 19.4. The van der Waals surface area contributed by atoms with Crippen LogP contribution in [0.15, 0.2) is 12.1 Å². The van der Waals surface area contributed by atoms with Gasteiger partial charge in [-0.25, -0.2) is 0 Å². The number of phenols is 1. The topological polar surface area (TPSA) is 73.3 Å². The van der Waals surface area contributed by atoms with Gasteiger partial charge < -0.3 is 15.2 Å². The molecule has 0 aliphatic heterocycles. The zero-order valence-corrected chi connectivity index (χ0v) is 9.80. The van der Waals surface area contributed by atoms with E-state index in [2.05, 4.69) is 4.98 Å². The lowest BCUT2D eigenvalue weighted by Crippen LogP contribution is -2.05. The minimum Gasteiger partial charge on any atom is -0.507 e. The fourth-order valence-electron chi connectivity index (χ4n) is 2.03. The van der Waals surface area contributed by atoms with E-state index < -0.39 is 23.5 Å². The van der Waals surface area contributed by atoms with Crippen molar-refractivity contribution in [1.82, 2.24) is 4.98 Å². The highest BCUT2D eigenvalue weighted by Crippen LogP contribution is 2.39. The van der Waals surface area contributed by atoms with Crippen molar-refractivity contribution < 1.29 is 28.2 Å². The summed E-state index contributed by atoms with van der Waals surface area (Å²) in [6, 6.07) is 1.73. The van der Waals surface area contributed by atoms with Crippen molar-refractivity contribution in [2.45, 2.75) is 19.5 Å². The molecule has 3 N–H and O–H groups in total. The van der Waals surface area contributed by atoms with Crippen LogP contribution in [-0.4, -0.2) is 21.2 Å². The molecule has 0 radical (unpaired) electrons. The summed E-state index contributed by atoms with van der Waals surface area (Å²) < 4.78 is 37.9. The maximum atomic E-state index is 12.6. The Labute approximate surface area is 105 Å². The number of benzene rings is 1. The predicted molar refractivity (Wildman–Crippen MR) is 61.0 cm³/mol. The van der Waals surface area contributed by atoms with Crippen molar-refractivity contribution in [2.75, 3.05) is 0 Å². The first-order valence-corrected chi connectivity index (χ1v) is 5.33. The molecule has 0 bridgehead atoms. The number of carboxylic acids is 1. The number of aryl methyl sites for hydroxylation is 1. The second-order valence-corrected chi connectivity index (χ2v) is 4.21. The summed E-state index contributed by atoms with van der Waals surface area (Å²) in [5.74, 6) is -2.01. The van der Waals surface area contributed by atoms with Crippen LogP contribution in [0, 0.1) is 6.92 Å². The van der Waals surface area contributed by atoms with Crippen molar-refractivity contribution in [3.05, 3.63) is 29.0 Å². The normalized spacial score (nSPS) is 12.0. The van der Waals surface area contributed by atoms with E-state index >= 15 is 0 Å². The Balaban J connectivity index is 2.68.